The summed E-state index contributed by atoms with van der Waals surface area (Å²) >= 11 is 0. The quantitative estimate of drug-likeness (QED) is 0.659. The van der Waals surface area contributed by atoms with E-state index >= 15 is 0 Å². The highest BCUT2D eigenvalue weighted by Crippen LogP contribution is 2.11. The highest BCUT2D eigenvalue weighted by atomic mass is 16.5. The van der Waals surface area contributed by atoms with E-state index in [1.807, 2.05) is 12.1 Å². The van der Waals surface area contributed by atoms with E-state index in [1.165, 1.54) is 12.0 Å². The van der Waals surface area contributed by atoms with Gasteiger partial charge in [0.1, 0.15) is 5.75 Å². The lowest BCUT2D eigenvalue weighted by molar-refractivity contribution is 0.414. The molecule has 0 radical (unpaired) electrons. The van der Waals surface area contributed by atoms with Crippen LogP contribution >= 0.6 is 0 Å². The third kappa shape index (κ3) is 6.62. The summed E-state index contributed by atoms with van der Waals surface area (Å²) in [5.41, 5.74) is 1.35. The van der Waals surface area contributed by atoms with Gasteiger partial charge in [-0.1, -0.05) is 26.0 Å². The van der Waals surface area contributed by atoms with Crippen molar-refractivity contribution >= 4 is 0 Å². The zero-order valence-electron chi connectivity index (χ0n) is 11.8. The molecule has 0 aliphatic carbocycles. The van der Waals surface area contributed by atoms with Crippen LogP contribution in [0.15, 0.2) is 24.3 Å². The summed E-state index contributed by atoms with van der Waals surface area (Å²) < 4.78 is 5.14. The molecular formula is C15H26N2O. The predicted molar refractivity (Wildman–Crippen MR) is 77.3 cm³/mol. The number of benzene rings is 1. The third-order valence-electron chi connectivity index (χ3n) is 2.83. The Morgan fingerprint density at radius 1 is 1.06 bits per heavy atom. The molecule has 3 heteroatoms. The Kier molecular flexibility index (Phi) is 7.46. The number of nitrogens with one attached hydrogen (secondary N) is 2. The van der Waals surface area contributed by atoms with E-state index in [4.69, 9.17) is 4.74 Å². The molecule has 0 aliphatic heterocycles. The average molecular weight is 250 g/mol. The highest BCUT2D eigenvalue weighted by Gasteiger charge is 1.95. The molecule has 0 spiro atoms. The normalized spacial score (nSPS) is 10.9. The number of rotatable bonds is 9. The Bertz CT molecular complexity index is 309. The van der Waals surface area contributed by atoms with Gasteiger partial charge in [0.25, 0.3) is 0 Å². The van der Waals surface area contributed by atoms with Gasteiger partial charge in [-0.15, -0.1) is 0 Å². The van der Waals surface area contributed by atoms with Crippen LogP contribution in [0.4, 0.5) is 0 Å². The summed E-state index contributed by atoms with van der Waals surface area (Å²) in [6, 6.07) is 8.87. The summed E-state index contributed by atoms with van der Waals surface area (Å²) in [6.45, 7) is 7.56. The van der Waals surface area contributed by atoms with Crippen molar-refractivity contribution in [3.63, 3.8) is 0 Å². The van der Waals surface area contributed by atoms with Crippen LogP contribution in [0.5, 0.6) is 5.75 Å². The summed E-state index contributed by atoms with van der Waals surface area (Å²) in [5.74, 6) is 0.923. The van der Waals surface area contributed by atoms with Crippen LogP contribution in [0, 0.1) is 0 Å². The van der Waals surface area contributed by atoms with Crippen LogP contribution in [0.25, 0.3) is 0 Å². The fraction of sp³-hybridized carbons (Fsp3) is 0.600. The van der Waals surface area contributed by atoms with Gasteiger partial charge in [0, 0.05) is 6.04 Å². The largest absolute Gasteiger partial charge is 0.497 e. The van der Waals surface area contributed by atoms with Crippen molar-refractivity contribution in [2.75, 3.05) is 26.7 Å². The molecule has 0 unspecified atom stereocenters. The van der Waals surface area contributed by atoms with Gasteiger partial charge in [-0.3, -0.25) is 0 Å². The summed E-state index contributed by atoms with van der Waals surface area (Å²) in [5, 5.41) is 6.88. The molecule has 1 aromatic carbocycles. The molecule has 18 heavy (non-hydrogen) atoms. The molecule has 0 amide bonds. The molecule has 0 bridgehead atoms. The lowest BCUT2D eigenvalue weighted by Crippen LogP contribution is -2.27. The van der Waals surface area contributed by atoms with Crippen molar-refractivity contribution < 1.29 is 4.74 Å². The van der Waals surface area contributed by atoms with Crippen molar-refractivity contribution in [1.82, 2.24) is 10.6 Å². The minimum Gasteiger partial charge on any atom is -0.497 e. The SMILES string of the molecule is COc1ccc(CCNCCCNC(C)C)cc1. The summed E-state index contributed by atoms with van der Waals surface area (Å²) in [6.07, 6.45) is 2.25. The average Bonchev–Trinajstić information content (AvgIpc) is 2.38. The van der Waals surface area contributed by atoms with Crippen LogP contribution in [0.3, 0.4) is 0 Å². The fourth-order valence-corrected chi connectivity index (χ4v) is 1.75. The van der Waals surface area contributed by atoms with E-state index in [0.29, 0.717) is 6.04 Å². The van der Waals surface area contributed by atoms with Crippen LogP contribution in [0.2, 0.25) is 0 Å². The molecule has 0 atom stereocenters. The maximum absolute atomic E-state index is 5.14. The van der Waals surface area contributed by atoms with Gasteiger partial charge in [-0.05, 0) is 50.2 Å². The number of hydrogen-bond acceptors (Lipinski definition) is 3. The first-order valence-electron chi connectivity index (χ1n) is 6.79. The Labute approximate surface area is 111 Å². The minimum atomic E-state index is 0.587. The van der Waals surface area contributed by atoms with Gasteiger partial charge < -0.3 is 15.4 Å². The molecule has 0 aromatic heterocycles. The van der Waals surface area contributed by atoms with Crippen molar-refractivity contribution in [1.29, 1.82) is 0 Å². The minimum absolute atomic E-state index is 0.587. The van der Waals surface area contributed by atoms with Gasteiger partial charge in [0.2, 0.25) is 0 Å². The van der Waals surface area contributed by atoms with E-state index in [-0.39, 0.29) is 0 Å². The first-order chi connectivity index (χ1) is 8.72. The third-order valence-corrected chi connectivity index (χ3v) is 2.83. The maximum atomic E-state index is 5.14. The molecule has 102 valence electrons. The van der Waals surface area contributed by atoms with Crippen molar-refractivity contribution in [3.8, 4) is 5.75 Å². The molecule has 2 N–H and O–H groups in total. The van der Waals surface area contributed by atoms with Gasteiger partial charge in [-0.2, -0.15) is 0 Å². The zero-order valence-corrected chi connectivity index (χ0v) is 11.8. The standard InChI is InChI=1S/C15H26N2O/c1-13(2)17-11-4-10-16-12-9-14-5-7-15(18-3)8-6-14/h5-8,13,16-17H,4,9-12H2,1-3H3. The molecule has 0 saturated carbocycles. The monoisotopic (exact) mass is 250 g/mol. The second-order valence-corrected chi connectivity index (χ2v) is 4.81. The van der Waals surface area contributed by atoms with Gasteiger partial charge >= 0.3 is 0 Å². The molecular weight excluding hydrogens is 224 g/mol. The summed E-state index contributed by atoms with van der Waals surface area (Å²) in [4.78, 5) is 0. The predicted octanol–water partition coefficient (Wildman–Crippen LogP) is 2.22. The molecule has 0 aliphatic rings. The molecule has 1 aromatic rings. The van der Waals surface area contributed by atoms with Crippen LogP contribution in [0.1, 0.15) is 25.8 Å². The van der Waals surface area contributed by atoms with Crippen LogP contribution < -0.4 is 15.4 Å². The lowest BCUT2D eigenvalue weighted by atomic mass is 10.1. The van der Waals surface area contributed by atoms with E-state index in [9.17, 15) is 0 Å². The van der Waals surface area contributed by atoms with Crippen molar-refractivity contribution in [2.24, 2.45) is 0 Å². The Balaban J connectivity index is 2.03. The number of hydrogen-bond donors (Lipinski definition) is 2. The topological polar surface area (TPSA) is 33.3 Å². The number of ether oxygens (including phenoxy) is 1. The van der Waals surface area contributed by atoms with Crippen LogP contribution in [-0.4, -0.2) is 32.8 Å². The Hall–Kier alpha value is -1.06. The summed E-state index contributed by atoms with van der Waals surface area (Å²) in [7, 11) is 1.70. The van der Waals surface area contributed by atoms with Crippen LogP contribution in [-0.2, 0) is 6.42 Å². The first-order valence-corrected chi connectivity index (χ1v) is 6.79. The second-order valence-electron chi connectivity index (χ2n) is 4.81. The van der Waals surface area contributed by atoms with E-state index in [1.54, 1.807) is 7.11 Å². The van der Waals surface area contributed by atoms with Crippen molar-refractivity contribution in [2.45, 2.75) is 32.7 Å². The molecule has 3 nitrogen and oxygen atoms in total. The lowest BCUT2D eigenvalue weighted by Gasteiger charge is -2.08. The second kappa shape index (κ2) is 8.95. The first kappa shape index (κ1) is 15.0. The van der Waals surface area contributed by atoms with Crippen molar-refractivity contribution in [3.05, 3.63) is 29.8 Å². The van der Waals surface area contributed by atoms with Gasteiger partial charge in [0.15, 0.2) is 0 Å². The van der Waals surface area contributed by atoms with E-state index < -0.39 is 0 Å². The van der Waals surface area contributed by atoms with Gasteiger partial charge in [0.05, 0.1) is 7.11 Å². The molecule has 0 saturated heterocycles. The van der Waals surface area contributed by atoms with E-state index in [2.05, 4.69) is 36.6 Å². The smallest absolute Gasteiger partial charge is 0.118 e. The number of methoxy groups -OCH3 is 1. The van der Waals surface area contributed by atoms with E-state index in [0.717, 1.165) is 31.8 Å². The highest BCUT2D eigenvalue weighted by molar-refractivity contribution is 5.27. The molecule has 1 rings (SSSR count). The Morgan fingerprint density at radius 2 is 1.78 bits per heavy atom. The molecule has 0 fully saturated rings. The molecule has 0 heterocycles. The maximum Gasteiger partial charge on any atom is 0.118 e. The van der Waals surface area contributed by atoms with Gasteiger partial charge in [-0.25, -0.2) is 0 Å². The zero-order chi connectivity index (χ0) is 13.2. The Morgan fingerprint density at radius 3 is 2.39 bits per heavy atom. The fourth-order valence-electron chi connectivity index (χ4n) is 1.75.